The lowest BCUT2D eigenvalue weighted by molar-refractivity contribution is 0.983. The summed E-state index contributed by atoms with van der Waals surface area (Å²) in [5.74, 6) is 0.0782. The molecule has 1 aromatic heterocycles. The molecular formula is C13H16N4. The first kappa shape index (κ1) is 11.4. The minimum Gasteiger partial charge on any atom is -0.384 e. The fourth-order valence-electron chi connectivity index (χ4n) is 1.92. The molecule has 4 nitrogen and oxygen atoms in total. The van der Waals surface area contributed by atoms with E-state index in [9.17, 15) is 0 Å². The van der Waals surface area contributed by atoms with Gasteiger partial charge in [0.15, 0.2) is 0 Å². The number of rotatable bonds is 2. The van der Waals surface area contributed by atoms with Crippen LogP contribution in [0.15, 0.2) is 24.5 Å². The Morgan fingerprint density at radius 1 is 1.29 bits per heavy atom. The molecule has 0 saturated carbocycles. The third kappa shape index (κ3) is 1.82. The van der Waals surface area contributed by atoms with E-state index in [1.54, 1.807) is 6.33 Å². The van der Waals surface area contributed by atoms with Gasteiger partial charge in [0.25, 0.3) is 0 Å². The monoisotopic (exact) mass is 228 g/mol. The van der Waals surface area contributed by atoms with Gasteiger partial charge in [0, 0.05) is 11.3 Å². The second kappa shape index (κ2) is 4.05. The van der Waals surface area contributed by atoms with Gasteiger partial charge in [-0.05, 0) is 32.4 Å². The second-order valence-corrected chi connectivity index (χ2v) is 4.17. The first-order valence-electron chi connectivity index (χ1n) is 5.47. The Hall–Kier alpha value is -2.10. The summed E-state index contributed by atoms with van der Waals surface area (Å²) in [5.41, 5.74) is 10.5. The SMILES string of the molecule is Cc1cccc(C(=N)N)c1-n1cnc(C)c1C. The number of benzene rings is 1. The normalized spacial score (nSPS) is 10.5. The highest BCUT2D eigenvalue weighted by molar-refractivity contribution is 5.99. The number of para-hydroxylation sites is 1. The smallest absolute Gasteiger partial charge is 0.124 e. The lowest BCUT2D eigenvalue weighted by Gasteiger charge is -2.14. The van der Waals surface area contributed by atoms with Crippen molar-refractivity contribution in [3.8, 4) is 5.69 Å². The molecule has 4 heteroatoms. The third-order valence-electron chi connectivity index (χ3n) is 3.02. The maximum absolute atomic E-state index is 7.64. The zero-order valence-electron chi connectivity index (χ0n) is 10.3. The number of nitrogens with one attached hydrogen (secondary N) is 1. The van der Waals surface area contributed by atoms with Crippen LogP contribution in [0.25, 0.3) is 5.69 Å². The number of aryl methyl sites for hydroxylation is 2. The van der Waals surface area contributed by atoms with Crippen molar-refractivity contribution in [2.75, 3.05) is 0 Å². The van der Waals surface area contributed by atoms with Crippen LogP contribution in [-0.2, 0) is 0 Å². The van der Waals surface area contributed by atoms with Gasteiger partial charge in [0.1, 0.15) is 5.84 Å². The first-order valence-corrected chi connectivity index (χ1v) is 5.47. The molecule has 88 valence electrons. The zero-order valence-corrected chi connectivity index (χ0v) is 10.3. The molecule has 0 saturated heterocycles. The van der Waals surface area contributed by atoms with Crippen LogP contribution in [0.2, 0.25) is 0 Å². The summed E-state index contributed by atoms with van der Waals surface area (Å²) in [4.78, 5) is 4.29. The highest BCUT2D eigenvalue weighted by Crippen LogP contribution is 2.21. The van der Waals surface area contributed by atoms with E-state index < -0.39 is 0 Å². The van der Waals surface area contributed by atoms with Crippen molar-refractivity contribution in [3.63, 3.8) is 0 Å². The Bertz CT molecular complexity index is 581. The van der Waals surface area contributed by atoms with E-state index in [4.69, 9.17) is 11.1 Å². The minimum absolute atomic E-state index is 0.0782. The van der Waals surface area contributed by atoms with Crippen molar-refractivity contribution in [2.45, 2.75) is 20.8 Å². The van der Waals surface area contributed by atoms with Crippen LogP contribution in [0, 0.1) is 26.2 Å². The highest BCUT2D eigenvalue weighted by Gasteiger charge is 2.12. The van der Waals surface area contributed by atoms with E-state index in [0.717, 1.165) is 28.2 Å². The fraction of sp³-hybridized carbons (Fsp3) is 0.231. The molecule has 2 rings (SSSR count). The van der Waals surface area contributed by atoms with Gasteiger partial charge in [0.2, 0.25) is 0 Å². The second-order valence-electron chi connectivity index (χ2n) is 4.17. The average Bonchev–Trinajstić information content (AvgIpc) is 2.60. The number of hydrogen-bond donors (Lipinski definition) is 2. The molecule has 1 aromatic carbocycles. The lowest BCUT2D eigenvalue weighted by Crippen LogP contribution is -2.16. The molecule has 2 aromatic rings. The summed E-state index contributed by atoms with van der Waals surface area (Å²) in [5, 5.41) is 7.64. The molecular weight excluding hydrogens is 212 g/mol. The molecule has 0 fully saturated rings. The quantitative estimate of drug-likeness (QED) is 0.610. The molecule has 3 N–H and O–H groups in total. The van der Waals surface area contributed by atoms with Crippen LogP contribution in [0.3, 0.4) is 0 Å². The fourth-order valence-corrected chi connectivity index (χ4v) is 1.92. The van der Waals surface area contributed by atoms with Gasteiger partial charge in [-0.25, -0.2) is 4.98 Å². The van der Waals surface area contributed by atoms with Gasteiger partial charge in [-0.2, -0.15) is 0 Å². The largest absolute Gasteiger partial charge is 0.384 e. The van der Waals surface area contributed by atoms with Crippen LogP contribution in [-0.4, -0.2) is 15.4 Å². The molecule has 0 aliphatic rings. The maximum atomic E-state index is 7.64. The van der Waals surface area contributed by atoms with Gasteiger partial charge in [-0.1, -0.05) is 12.1 Å². The topological polar surface area (TPSA) is 67.7 Å². The Morgan fingerprint density at radius 2 is 2.00 bits per heavy atom. The maximum Gasteiger partial charge on any atom is 0.124 e. The molecule has 0 atom stereocenters. The zero-order chi connectivity index (χ0) is 12.6. The van der Waals surface area contributed by atoms with Crippen LogP contribution in [0.5, 0.6) is 0 Å². The van der Waals surface area contributed by atoms with Crippen molar-refractivity contribution in [3.05, 3.63) is 47.0 Å². The van der Waals surface area contributed by atoms with Crippen molar-refractivity contribution < 1.29 is 0 Å². The Kier molecular flexibility index (Phi) is 2.71. The number of nitrogens with two attached hydrogens (primary N) is 1. The van der Waals surface area contributed by atoms with E-state index in [2.05, 4.69) is 4.98 Å². The number of nitrogens with zero attached hydrogens (tertiary/aromatic N) is 2. The van der Waals surface area contributed by atoms with E-state index in [1.807, 2.05) is 43.5 Å². The summed E-state index contributed by atoms with van der Waals surface area (Å²) in [6.45, 7) is 5.99. The van der Waals surface area contributed by atoms with Crippen LogP contribution >= 0.6 is 0 Å². The first-order chi connectivity index (χ1) is 8.02. The number of nitrogen functional groups attached to an aromatic ring is 1. The molecule has 0 spiro atoms. The summed E-state index contributed by atoms with van der Waals surface area (Å²) < 4.78 is 1.99. The van der Waals surface area contributed by atoms with Gasteiger partial charge in [-0.15, -0.1) is 0 Å². The summed E-state index contributed by atoms with van der Waals surface area (Å²) in [7, 11) is 0. The molecule has 0 aliphatic heterocycles. The predicted octanol–water partition coefficient (Wildman–Crippen LogP) is 2.08. The third-order valence-corrected chi connectivity index (χ3v) is 3.02. The molecule has 1 heterocycles. The van der Waals surface area contributed by atoms with Gasteiger partial charge >= 0.3 is 0 Å². The summed E-state index contributed by atoms with van der Waals surface area (Å²) in [6.07, 6.45) is 1.78. The van der Waals surface area contributed by atoms with Gasteiger partial charge in [-0.3, -0.25) is 5.41 Å². The standard InChI is InChI=1S/C13H16N4/c1-8-5-4-6-11(13(14)15)12(8)17-7-16-9(2)10(17)3/h4-7H,1-3H3,(H3,14,15). The number of hydrogen-bond acceptors (Lipinski definition) is 2. The molecule has 0 unspecified atom stereocenters. The van der Waals surface area contributed by atoms with E-state index >= 15 is 0 Å². The Balaban J connectivity index is 2.74. The van der Waals surface area contributed by atoms with Crippen LogP contribution < -0.4 is 5.73 Å². The Morgan fingerprint density at radius 3 is 2.53 bits per heavy atom. The highest BCUT2D eigenvalue weighted by atomic mass is 15.1. The van der Waals surface area contributed by atoms with Crippen molar-refractivity contribution >= 4 is 5.84 Å². The summed E-state index contributed by atoms with van der Waals surface area (Å²) >= 11 is 0. The van der Waals surface area contributed by atoms with Gasteiger partial charge in [0.05, 0.1) is 17.7 Å². The predicted molar refractivity (Wildman–Crippen MR) is 68.8 cm³/mol. The summed E-state index contributed by atoms with van der Waals surface area (Å²) in [6, 6.07) is 5.78. The van der Waals surface area contributed by atoms with Crippen molar-refractivity contribution in [2.24, 2.45) is 5.73 Å². The average molecular weight is 228 g/mol. The van der Waals surface area contributed by atoms with Crippen LogP contribution in [0.4, 0.5) is 0 Å². The van der Waals surface area contributed by atoms with Crippen molar-refractivity contribution in [1.82, 2.24) is 9.55 Å². The minimum atomic E-state index is 0.0782. The van der Waals surface area contributed by atoms with Crippen LogP contribution in [0.1, 0.15) is 22.5 Å². The number of imidazole rings is 1. The lowest BCUT2D eigenvalue weighted by atomic mass is 10.1. The number of aromatic nitrogens is 2. The van der Waals surface area contributed by atoms with Gasteiger partial charge < -0.3 is 10.3 Å². The van der Waals surface area contributed by atoms with Crippen molar-refractivity contribution in [1.29, 1.82) is 5.41 Å². The molecule has 0 aliphatic carbocycles. The van der Waals surface area contributed by atoms with E-state index in [0.29, 0.717) is 0 Å². The molecule has 0 bridgehead atoms. The van der Waals surface area contributed by atoms with E-state index in [-0.39, 0.29) is 5.84 Å². The number of amidine groups is 1. The molecule has 17 heavy (non-hydrogen) atoms. The molecule has 0 amide bonds. The van der Waals surface area contributed by atoms with E-state index in [1.165, 1.54) is 0 Å². The Labute approximate surface area is 101 Å². The molecule has 0 radical (unpaired) electrons.